The molecule has 3 heterocycles. The number of nitrogens with one attached hydrogen (secondary N) is 1. The lowest BCUT2D eigenvalue weighted by atomic mass is 10.1. The van der Waals surface area contributed by atoms with Gasteiger partial charge in [0.25, 0.3) is 0 Å². The summed E-state index contributed by atoms with van der Waals surface area (Å²) in [5.74, 6) is 0.287. The van der Waals surface area contributed by atoms with Crippen LogP contribution in [0, 0.1) is 0 Å². The van der Waals surface area contributed by atoms with E-state index in [1.165, 1.54) is 17.4 Å². The van der Waals surface area contributed by atoms with Gasteiger partial charge in [0.1, 0.15) is 4.70 Å². The lowest BCUT2D eigenvalue weighted by Crippen LogP contribution is -2.36. The van der Waals surface area contributed by atoms with Crippen LogP contribution in [0.2, 0.25) is 0 Å². The molecule has 0 atom stereocenters. The molecule has 7 heteroatoms. The molecule has 27 heavy (non-hydrogen) atoms. The third kappa shape index (κ3) is 3.51. The molecule has 0 radical (unpaired) electrons. The molecule has 0 spiro atoms. The zero-order valence-electron chi connectivity index (χ0n) is 14.6. The molecule has 0 bridgehead atoms. The molecule has 0 unspecified atom stereocenters. The van der Waals surface area contributed by atoms with Gasteiger partial charge in [-0.3, -0.25) is 9.59 Å². The monoisotopic (exact) mass is 382 g/mol. The maximum atomic E-state index is 12.6. The van der Waals surface area contributed by atoms with Crippen LogP contribution in [0.1, 0.15) is 0 Å². The van der Waals surface area contributed by atoms with E-state index in [1.54, 1.807) is 12.1 Å². The van der Waals surface area contributed by atoms with Crippen LogP contribution >= 0.6 is 11.3 Å². The Balaban J connectivity index is 1.77. The first-order valence-electron chi connectivity index (χ1n) is 8.57. The fraction of sp³-hybridized carbons (Fsp3) is 0.200. The first-order chi connectivity index (χ1) is 13.2. The number of benzene rings is 1. The SMILES string of the molecule is C=CC(=O)Nc1cccc(-c2csc3c(=O)cc(N4CCOCC4)oc23)c1. The fourth-order valence-electron chi connectivity index (χ4n) is 3.03. The van der Waals surface area contributed by atoms with Crippen molar-refractivity contribution < 1.29 is 13.9 Å². The van der Waals surface area contributed by atoms with Gasteiger partial charge in [-0.2, -0.15) is 0 Å². The Bertz CT molecular complexity index is 1060. The van der Waals surface area contributed by atoms with Crippen LogP contribution in [0.5, 0.6) is 0 Å². The Morgan fingerprint density at radius 1 is 1.26 bits per heavy atom. The number of anilines is 2. The Labute approximate surface area is 159 Å². The van der Waals surface area contributed by atoms with Gasteiger partial charge in [0, 0.05) is 35.8 Å². The first-order valence-corrected chi connectivity index (χ1v) is 9.45. The van der Waals surface area contributed by atoms with Gasteiger partial charge in [0.05, 0.1) is 13.2 Å². The van der Waals surface area contributed by atoms with Gasteiger partial charge >= 0.3 is 0 Å². The van der Waals surface area contributed by atoms with Gasteiger partial charge in [-0.25, -0.2) is 0 Å². The average molecular weight is 382 g/mol. The highest BCUT2D eigenvalue weighted by Gasteiger charge is 2.18. The maximum Gasteiger partial charge on any atom is 0.247 e. The van der Waals surface area contributed by atoms with Crippen molar-refractivity contribution in [1.29, 1.82) is 0 Å². The zero-order chi connectivity index (χ0) is 18.8. The van der Waals surface area contributed by atoms with E-state index < -0.39 is 0 Å². The number of carbonyl (C=O) groups excluding carboxylic acids is 1. The maximum absolute atomic E-state index is 12.6. The van der Waals surface area contributed by atoms with Gasteiger partial charge < -0.3 is 19.4 Å². The molecule has 0 saturated carbocycles. The molecule has 1 fully saturated rings. The van der Waals surface area contributed by atoms with Crippen LogP contribution in [0.15, 0.2) is 57.6 Å². The molecule has 0 aliphatic carbocycles. The molecule has 6 nitrogen and oxygen atoms in total. The molecule has 1 aliphatic rings. The predicted octanol–water partition coefficient (Wildman–Crippen LogP) is 3.48. The summed E-state index contributed by atoms with van der Waals surface area (Å²) in [6, 6.07) is 8.97. The van der Waals surface area contributed by atoms with Crippen molar-refractivity contribution >= 4 is 39.1 Å². The largest absolute Gasteiger partial charge is 0.439 e. The number of ether oxygens (including phenoxy) is 1. The van der Waals surface area contributed by atoms with E-state index in [9.17, 15) is 9.59 Å². The second-order valence-electron chi connectivity index (χ2n) is 6.13. The highest BCUT2D eigenvalue weighted by Crippen LogP contribution is 2.35. The molecule has 4 rings (SSSR count). The van der Waals surface area contributed by atoms with Crippen molar-refractivity contribution in [1.82, 2.24) is 0 Å². The smallest absolute Gasteiger partial charge is 0.247 e. The van der Waals surface area contributed by atoms with Gasteiger partial charge in [-0.1, -0.05) is 18.7 Å². The highest BCUT2D eigenvalue weighted by molar-refractivity contribution is 7.17. The van der Waals surface area contributed by atoms with E-state index >= 15 is 0 Å². The summed E-state index contributed by atoms with van der Waals surface area (Å²) in [4.78, 5) is 26.1. The van der Waals surface area contributed by atoms with E-state index in [0.29, 0.717) is 48.2 Å². The number of hydrogen-bond donors (Lipinski definition) is 1. The molecule has 3 aromatic rings. The Kier molecular flexibility index (Phi) is 4.79. The standard InChI is InChI=1S/C20H18N2O4S/c1-2-17(24)21-14-5-3-4-13(10-14)15-12-27-20-16(23)11-18(26-19(15)20)22-6-8-25-9-7-22/h2-5,10-12H,1,6-9H2,(H,21,24). The highest BCUT2D eigenvalue weighted by atomic mass is 32.1. The van der Waals surface area contributed by atoms with Crippen LogP contribution in [-0.4, -0.2) is 32.2 Å². The number of carbonyl (C=O) groups is 1. The van der Waals surface area contributed by atoms with Crippen LogP contribution in [-0.2, 0) is 9.53 Å². The first kappa shape index (κ1) is 17.5. The molecule has 1 amide bonds. The number of morpholine rings is 1. The minimum absolute atomic E-state index is 0.0508. The third-order valence-corrected chi connectivity index (χ3v) is 5.36. The van der Waals surface area contributed by atoms with E-state index in [1.807, 2.05) is 28.5 Å². The molecule has 1 aromatic carbocycles. The van der Waals surface area contributed by atoms with Crippen LogP contribution < -0.4 is 15.6 Å². The normalized spacial score (nSPS) is 14.3. The van der Waals surface area contributed by atoms with Gasteiger partial charge in [-0.05, 0) is 23.8 Å². The number of hydrogen-bond acceptors (Lipinski definition) is 6. The van der Waals surface area contributed by atoms with Crippen molar-refractivity contribution in [2.75, 3.05) is 36.5 Å². The molecule has 1 aliphatic heterocycles. The number of nitrogens with zero attached hydrogens (tertiary/aromatic N) is 1. The molecule has 1 saturated heterocycles. The van der Waals surface area contributed by atoms with Crippen LogP contribution in [0.4, 0.5) is 11.6 Å². The summed E-state index contributed by atoms with van der Waals surface area (Å²) in [5, 5.41) is 4.66. The van der Waals surface area contributed by atoms with Crippen molar-refractivity contribution in [3.8, 4) is 11.1 Å². The van der Waals surface area contributed by atoms with Crippen LogP contribution in [0.25, 0.3) is 21.4 Å². The number of fused-ring (bicyclic) bond motifs is 1. The minimum Gasteiger partial charge on any atom is -0.439 e. The molecule has 2 aromatic heterocycles. The minimum atomic E-state index is -0.275. The number of amides is 1. The second-order valence-corrected chi connectivity index (χ2v) is 7.01. The zero-order valence-corrected chi connectivity index (χ0v) is 15.4. The Morgan fingerprint density at radius 3 is 2.85 bits per heavy atom. The van der Waals surface area contributed by atoms with E-state index in [-0.39, 0.29) is 11.3 Å². The quantitative estimate of drug-likeness (QED) is 0.700. The second kappa shape index (κ2) is 7.38. The average Bonchev–Trinajstić information content (AvgIpc) is 3.13. The summed E-state index contributed by atoms with van der Waals surface area (Å²) in [6.45, 7) is 6.07. The lowest BCUT2D eigenvalue weighted by molar-refractivity contribution is -0.111. The lowest BCUT2D eigenvalue weighted by Gasteiger charge is -2.27. The Morgan fingerprint density at radius 2 is 2.07 bits per heavy atom. The number of thiophene rings is 1. The third-order valence-electron chi connectivity index (χ3n) is 4.38. The summed E-state index contributed by atoms with van der Waals surface area (Å²) < 4.78 is 12.1. The van der Waals surface area contributed by atoms with E-state index in [2.05, 4.69) is 11.9 Å². The number of rotatable bonds is 4. The molecular formula is C20H18N2O4S. The van der Waals surface area contributed by atoms with Gasteiger partial charge in [0.15, 0.2) is 11.5 Å². The summed E-state index contributed by atoms with van der Waals surface area (Å²) in [5.41, 5.74) is 2.87. The fourth-order valence-corrected chi connectivity index (χ4v) is 3.94. The van der Waals surface area contributed by atoms with Gasteiger partial charge in [-0.15, -0.1) is 11.3 Å². The van der Waals surface area contributed by atoms with Crippen molar-refractivity contribution in [3.63, 3.8) is 0 Å². The van der Waals surface area contributed by atoms with Crippen molar-refractivity contribution in [2.45, 2.75) is 0 Å². The summed E-state index contributed by atoms with van der Waals surface area (Å²) in [7, 11) is 0. The van der Waals surface area contributed by atoms with E-state index in [0.717, 1.165) is 11.1 Å². The van der Waals surface area contributed by atoms with Crippen molar-refractivity contribution in [2.24, 2.45) is 0 Å². The molecular weight excluding hydrogens is 364 g/mol. The van der Waals surface area contributed by atoms with Gasteiger partial charge in [0.2, 0.25) is 11.3 Å². The summed E-state index contributed by atoms with van der Waals surface area (Å²) >= 11 is 1.36. The Hall–Kier alpha value is -2.90. The molecule has 138 valence electrons. The van der Waals surface area contributed by atoms with Crippen LogP contribution in [0.3, 0.4) is 0 Å². The van der Waals surface area contributed by atoms with E-state index in [4.69, 9.17) is 9.15 Å². The topological polar surface area (TPSA) is 71.8 Å². The van der Waals surface area contributed by atoms with Crippen molar-refractivity contribution in [3.05, 3.63) is 58.6 Å². The predicted molar refractivity (Wildman–Crippen MR) is 108 cm³/mol. The summed E-state index contributed by atoms with van der Waals surface area (Å²) in [6.07, 6.45) is 1.22. The molecule has 1 N–H and O–H groups in total.